The minimum absolute atomic E-state index is 0.125. The fourth-order valence-electron chi connectivity index (χ4n) is 3.10. The number of likely N-dealkylation sites (tertiary alicyclic amines) is 1. The second-order valence-corrected chi connectivity index (χ2v) is 8.47. The van der Waals surface area contributed by atoms with Crippen LogP contribution in [-0.2, 0) is 21.6 Å². The van der Waals surface area contributed by atoms with E-state index in [1.807, 2.05) is 30.3 Å². The molecule has 1 saturated heterocycles. The summed E-state index contributed by atoms with van der Waals surface area (Å²) in [6.07, 6.45) is -0.108. The number of hydrogen-bond acceptors (Lipinski definition) is 7. The van der Waals surface area contributed by atoms with Gasteiger partial charge in [-0.2, -0.15) is 8.42 Å². The number of aromatic carboxylic acids is 1. The lowest BCUT2D eigenvalue weighted by atomic mass is 10.1. The second-order valence-electron chi connectivity index (χ2n) is 6.34. The Balaban J connectivity index is 1.65. The lowest BCUT2D eigenvalue weighted by Crippen LogP contribution is -2.49. The molecular formula is C17H19N3O7S2. The predicted octanol–water partition coefficient (Wildman–Crippen LogP) is 2.25. The first-order chi connectivity index (χ1) is 13.8. The van der Waals surface area contributed by atoms with Crippen LogP contribution >= 0.6 is 11.3 Å². The summed E-state index contributed by atoms with van der Waals surface area (Å²) in [5.74, 6) is -1.39. The van der Waals surface area contributed by atoms with Gasteiger partial charge in [-0.25, -0.2) is 18.9 Å². The minimum atomic E-state index is -4.72. The quantitative estimate of drug-likeness (QED) is 0.651. The second kappa shape index (κ2) is 8.76. The maximum atomic E-state index is 12.3. The first kappa shape index (κ1) is 21.0. The lowest BCUT2D eigenvalue weighted by molar-refractivity contribution is 0.0692. The van der Waals surface area contributed by atoms with Crippen molar-refractivity contribution in [3.05, 3.63) is 47.1 Å². The Morgan fingerprint density at radius 1 is 1.24 bits per heavy atom. The summed E-state index contributed by atoms with van der Waals surface area (Å²) in [7, 11) is -4.72. The van der Waals surface area contributed by atoms with Gasteiger partial charge in [0.05, 0.1) is 11.6 Å². The molecular weight excluding hydrogens is 422 g/mol. The molecule has 2 aromatic rings. The van der Waals surface area contributed by atoms with Crippen LogP contribution in [0.4, 0.5) is 9.80 Å². The van der Waals surface area contributed by atoms with Gasteiger partial charge in [0.15, 0.2) is 5.69 Å². The highest BCUT2D eigenvalue weighted by molar-refractivity contribution is 7.87. The summed E-state index contributed by atoms with van der Waals surface area (Å²) in [5.41, 5.74) is 1.60. The molecule has 1 fully saturated rings. The number of rotatable bonds is 6. The fourth-order valence-corrected chi connectivity index (χ4v) is 5.15. The number of carbonyl (C=O) groups excluding carboxylic acids is 1. The summed E-state index contributed by atoms with van der Waals surface area (Å²) in [6.45, 7) is 0.524. The Morgan fingerprint density at radius 2 is 1.90 bits per heavy atom. The molecule has 0 radical (unpaired) electrons. The van der Waals surface area contributed by atoms with Crippen molar-refractivity contribution >= 4 is 38.7 Å². The fraction of sp³-hybridized carbons (Fsp3) is 0.353. The van der Waals surface area contributed by atoms with E-state index in [4.69, 9.17) is 4.74 Å². The van der Waals surface area contributed by atoms with Gasteiger partial charge < -0.3 is 14.7 Å². The number of anilines is 1. The predicted molar refractivity (Wildman–Crippen MR) is 104 cm³/mol. The number of thiazole rings is 1. The highest BCUT2D eigenvalue weighted by Gasteiger charge is 2.36. The summed E-state index contributed by atoms with van der Waals surface area (Å²) in [5, 5.41) is 9.05. The zero-order chi connectivity index (χ0) is 21.0. The number of carboxylic acids is 1. The molecule has 0 bridgehead atoms. The van der Waals surface area contributed by atoms with Gasteiger partial charge in [-0.05, 0) is 18.4 Å². The van der Waals surface area contributed by atoms with E-state index in [-0.39, 0.29) is 37.5 Å². The van der Waals surface area contributed by atoms with E-state index in [0.29, 0.717) is 4.31 Å². The molecule has 2 heterocycles. The van der Waals surface area contributed by atoms with E-state index in [9.17, 15) is 27.7 Å². The molecule has 3 rings (SSSR count). The molecule has 1 amide bonds. The molecule has 0 unspecified atom stereocenters. The first-order valence-electron chi connectivity index (χ1n) is 8.66. The molecule has 1 aromatic carbocycles. The monoisotopic (exact) mass is 441 g/mol. The van der Waals surface area contributed by atoms with Crippen molar-refractivity contribution in [2.75, 3.05) is 17.4 Å². The van der Waals surface area contributed by atoms with Gasteiger partial charge in [-0.3, -0.25) is 4.55 Å². The van der Waals surface area contributed by atoms with E-state index in [1.165, 1.54) is 10.4 Å². The highest BCUT2D eigenvalue weighted by atomic mass is 32.2. The number of amides is 1. The zero-order valence-corrected chi connectivity index (χ0v) is 16.8. The molecule has 12 heteroatoms. The van der Waals surface area contributed by atoms with E-state index in [2.05, 4.69) is 4.98 Å². The molecule has 156 valence electrons. The molecule has 2 N–H and O–H groups in total. The largest absolute Gasteiger partial charge is 0.476 e. The number of hydrogen-bond donors (Lipinski definition) is 2. The van der Waals surface area contributed by atoms with Gasteiger partial charge in [-0.1, -0.05) is 30.3 Å². The third-order valence-electron chi connectivity index (χ3n) is 4.46. The highest BCUT2D eigenvalue weighted by Crippen LogP contribution is 2.32. The van der Waals surface area contributed by atoms with Gasteiger partial charge in [0.1, 0.15) is 11.6 Å². The number of carbonyl (C=O) groups is 2. The molecule has 0 atom stereocenters. The molecule has 0 aliphatic carbocycles. The minimum Gasteiger partial charge on any atom is -0.476 e. The summed E-state index contributed by atoms with van der Waals surface area (Å²) >= 11 is 0.809. The number of ether oxygens (including phenoxy) is 1. The molecule has 1 aliphatic heterocycles. The number of carboxylic acid groups (broad SMARTS) is 1. The van der Waals surface area contributed by atoms with Crippen LogP contribution in [0.25, 0.3) is 0 Å². The van der Waals surface area contributed by atoms with E-state index < -0.39 is 34.1 Å². The Bertz CT molecular complexity index is 970. The summed E-state index contributed by atoms with van der Waals surface area (Å²) in [4.78, 5) is 28.7. The topological polar surface area (TPSA) is 137 Å². The molecule has 29 heavy (non-hydrogen) atoms. The van der Waals surface area contributed by atoms with Crippen LogP contribution in [-0.4, -0.2) is 59.2 Å². The van der Waals surface area contributed by atoms with Crippen molar-refractivity contribution in [2.24, 2.45) is 0 Å². The van der Waals surface area contributed by atoms with Crippen molar-refractivity contribution < 1.29 is 32.4 Å². The number of nitrogens with zero attached hydrogens (tertiary/aromatic N) is 3. The normalized spacial score (nSPS) is 15.1. The molecule has 1 aliphatic rings. The summed E-state index contributed by atoms with van der Waals surface area (Å²) in [6, 6.07) is 8.49. The van der Waals surface area contributed by atoms with Crippen LogP contribution in [0.3, 0.4) is 0 Å². The van der Waals surface area contributed by atoms with Crippen molar-refractivity contribution in [1.29, 1.82) is 0 Å². The third-order valence-corrected chi connectivity index (χ3v) is 6.38. The van der Waals surface area contributed by atoms with Crippen LogP contribution in [0.5, 0.6) is 0 Å². The van der Waals surface area contributed by atoms with Gasteiger partial charge >= 0.3 is 22.4 Å². The van der Waals surface area contributed by atoms with Gasteiger partial charge in [-0.15, -0.1) is 11.3 Å². The van der Waals surface area contributed by atoms with Crippen LogP contribution in [0.2, 0.25) is 0 Å². The van der Waals surface area contributed by atoms with Crippen LogP contribution in [0.15, 0.2) is 35.8 Å². The lowest BCUT2D eigenvalue weighted by Gasteiger charge is -2.36. The van der Waals surface area contributed by atoms with E-state index >= 15 is 0 Å². The average Bonchev–Trinajstić information content (AvgIpc) is 3.16. The van der Waals surface area contributed by atoms with Gasteiger partial charge in [0.2, 0.25) is 0 Å². The van der Waals surface area contributed by atoms with Crippen LogP contribution in [0.1, 0.15) is 28.9 Å². The number of benzene rings is 1. The maximum absolute atomic E-state index is 12.3. The first-order valence-corrected chi connectivity index (χ1v) is 10.9. The third kappa shape index (κ3) is 5.02. The SMILES string of the molecule is O=C(O)c1ncsc1N(C1CCN(C(=O)OCc2ccccc2)CC1)S(=O)(=O)O. The van der Waals surface area contributed by atoms with Crippen molar-refractivity contribution in [2.45, 2.75) is 25.5 Å². The van der Waals surface area contributed by atoms with Crippen LogP contribution < -0.4 is 4.31 Å². The standard InChI is InChI=1S/C17H19N3O7S2/c21-16(22)14-15(28-11-18-14)20(29(24,25)26)13-6-8-19(9-7-13)17(23)27-10-12-4-2-1-3-5-12/h1-5,11,13H,6-10H2,(H,21,22)(H,24,25,26). The Kier molecular flexibility index (Phi) is 6.35. The smallest absolute Gasteiger partial charge is 0.410 e. The molecule has 0 spiro atoms. The zero-order valence-electron chi connectivity index (χ0n) is 15.2. The van der Waals surface area contributed by atoms with Crippen molar-refractivity contribution in [3.8, 4) is 0 Å². The van der Waals surface area contributed by atoms with Crippen LogP contribution in [0, 0.1) is 0 Å². The molecule has 1 aromatic heterocycles. The van der Waals surface area contributed by atoms with E-state index in [1.54, 1.807) is 0 Å². The molecule has 0 saturated carbocycles. The maximum Gasteiger partial charge on any atom is 0.410 e. The number of aromatic nitrogens is 1. The van der Waals surface area contributed by atoms with Crippen molar-refractivity contribution in [1.82, 2.24) is 9.88 Å². The average molecular weight is 441 g/mol. The molecule has 10 nitrogen and oxygen atoms in total. The Morgan fingerprint density at radius 3 is 2.48 bits per heavy atom. The Hall–Kier alpha value is -2.70. The van der Waals surface area contributed by atoms with Gasteiger partial charge in [0.25, 0.3) is 0 Å². The van der Waals surface area contributed by atoms with Gasteiger partial charge in [0, 0.05) is 13.1 Å². The summed E-state index contributed by atoms with van der Waals surface area (Å²) < 4.78 is 39.5. The number of piperidine rings is 1. The Labute approximate surface area is 171 Å². The van der Waals surface area contributed by atoms with E-state index in [0.717, 1.165) is 16.9 Å². The van der Waals surface area contributed by atoms with Crippen molar-refractivity contribution in [3.63, 3.8) is 0 Å².